The third kappa shape index (κ3) is 1.42. The Morgan fingerprint density at radius 2 is 1.70 bits per heavy atom. The molecule has 0 bridgehead atoms. The van der Waals surface area contributed by atoms with Crippen molar-refractivity contribution >= 4 is 11.6 Å². The molecule has 2 heterocycles. The summed E-state index contributed by atoms with van der Waals surface area (Å²) in [6.07, 6.45) is 0.917. The molecule has 1 saturated heterocycles. The van der Waals surface area contributed by atoms with Gasteiger partial charge in [-0.1, -0.05) is 55.1 Å². The van der Waals surface area contributed by atoms with Crippen molar-refractivity contribution in [3.8, 4) is 0 Å². The van der Waals surface area contributed by atoms with E-state index in [1.807, 2.05) is 41.3 Å². The second-order valence-corrected chi connectivity index (χ2v) is 5.49. The largest absolute Gasteiger partial charge is 0.304 e. The van der Waals surface area contributed by atoms with Gasteiger partial charge < -0.3 is 4.90 Å². The molecule has 0 aliphatic carbocycles. The van der Waals surface area contributed by atoms with Gasteiger partial charge in [-0.15, -0.1) is 0 Å². The van der Waals surface area contributed by atoms with E-state index in [2.05, 4.69) is 24.8 Å². The Kier molecular flexibility index (Phi) is 2.34. The molecule has 0 radical (unpaired) electrons. The minimum Gasteiger partial charge on any atom is -0.304 e. The minimum absolute atomic E-state index is 0.0776. The van der Waals surface area contributed by atoms with E-state index >= 15 is 0 Å². The van der Waals surface area contributed by atoms with Crippen LogP contribution in [0.1, 0.15) is 17.0 Å². The zero-order valence-electron chi connectivity index (χ0n) is 11.1. The first-order valence-corrected chi connectivity index (χ1v) is 6.92. The molecule has 98 valence electrons. The van der Waals surface area contributed by atoms with Gasteiger partial charge in [0.25, 0.3) is 5.91 Å². The maximum Gasteiger partial charge on any atom is 0.254 e. The minimum atomic E-state index is 0.0776. The van der Waals surface area contributed by atoms with Crippen molar-refractivity contribution in [3.63, 3.8) is 0 Å². The monoisotopic (exact) mass is 261 g/mol. The highest BCUT2D eigenvalue weighted by Gasteiger charge is 2.48. The fraction of sp³-hybridized carbons (Fsp3) is 0.167. The van der Waals surface area contributed by atoms with E-state index in [4.69, 9.17) is 0 Å². The first kappa shape index (κ1) is 11.5. The van der Waals surface area contributed by atoms with Gasteiger partial charge in [-0.05, 0) is 23.6 Å². The summed E-state index contributed by atoms with van der Waals surface area (Å²) in [5.41, 5.74) is 4.23. The lowest BCUT2D eigenvalue weighted by Gasteiger charge is -2.20. The van der Waals surface area contributed by atoms with Crippen molar-refractivity contribution < 1.29 is 4.79 Å². The third-order valence-corrected chi connectivity index (χ3v) is 4.42. The molecule has 1 fully saturated rings. The second-order valence-electron chi connectivity index (χ2n) is 5.49. The van der Waals surface area contributed by atoms with Crippen LogP contribution >= 0.6 is 0 Å². The van der Waals surface area contributed by atoms with Crippen LogP contribution in [0.4, 0.5) is 5.69 Å². The molecule has 1 amide bonds. The summed E-state index contributed by atoms with van der Waals surface area (Å²) in [7, 11) is 0. The maximum absolute atomic E-state index is 12.6. The first-order chi connectivity index (χ1) is 9.77. The number of carbonyl (C=O) groups excluding carboxylic acids is 1. The van der Waals surface area contributed by atoms with Crippen molar-refractivity contribution in [2.45, 2.75) is 18.4 Å². The topological polar surface area (TPSA) is 20.3 Å². The summed E-state index contributed by atoms with van der Waals surface area (Å²) in [4.78, 5) is 14.5. The average molecular weight is 261 g/mol. The SMILES string of the molecule is C=C1C(=O)N2c3ccccc3C[C@@H]2[C@H]1c1ccccc1. The van der Waals surface area contributed by atoms with Crippen LogP contribution in [-0.2, 0) is 11.2 Å². The van der Waals surface area contributed by atoms with Crippen molar-refractivity contribution in [1.82, 2.24) is 0 Å². The normalized spacial score (nSPS) is 23.9. The summed E-state index contributed by atoms with van der Waals surface area (Å²) >= 11 is 0. The van der Waals surface area contributed by atoms with E-state index in [-0.39, 0.29) is 17.9 Å². The molecule has 0 unspecified atom stereocenters. The summed E-state index contributed by atoms with van der Waals surface area (Å²) in [5.74, 6) is 0.185. The van der Waals surface area contributed by atoms with Gasteiger partial charge in [-0.25, -0.2) is 0 Å². The van der Waals surface area contributed by atoms with Crippen LogP contribution in [-0.4, -0.2) is 11.9 Å². The Hall–Kier alpha value is -2.35. The molecule has 2 aliphatic heterocycles. The van der Waals surface area contributed by atoms with Crippen LogP contribution in [0.25, 0.3) is 0 Å². The van der Waals surface area contributed by atoms with E-state index in [0.29, 0.717) is 0 Å². The molecule has 2 atom stereocenters. The van der Waals surface area contributed by atoms with Crippen LogP contribution in [0.5, 0.6) is 0 Å². The first-order valence-electron chi connectivity index (χ1n) is 6.92. The average Bonchev–Trinajstić information content (AvgIpc) is 2.96. The van der Waals surface area contributed by atoms with Crippen molar-refractivity contribution in [2.75, 3.05) is 4.90 Å². The molecule has 4 rings (SSSR count). The number of nitrogens with zero attached hydrogens (tertiary/aromatic N) is 1. The number of hydrogen-bond donors (Lipinski definition) is 0. The highest BCUT2D eigenvalue weighted by molar-refractivity contribution is 6.11. The van der Waals surface area contributed by atoms with E-state index in [1.54, 1.807) is 0 Å². The Morgan fingerprint density at radius 3 is 2.50 bits per heavy atom. The van der Waals surface area contributed by atoms with E-state index in [9.17, 15) is 4.79 Å². The lowest BCUT2D eigenvalue weighted by Crippen LogP contribution is -2.31. The molecule has 2 heteroatoms. The van der Waals surface area contributed by atoms with Crippen molar-refractivity contribution in [3.05, 3.63) is 77.9 Å². The van der Waals surface area contributed by atoms with Crippen LogP contribution in [0.15, 0.2) is 66.7 Å². The third-order valence-electron chi connectivity index (χ3n) is 4.42. The van der Waals surface area contributed by atoms with Gasteiger partial charge in [0.05, 0.1) is 6.04 Å². The van der Waals surface area contributed by atoms with Gasteiger partial charge in [-0.2, -0.15) is 0 Å². The van der Waals surface area contributed by atoms with E-state index in [1.165, 1.54) is 11.1 Å². The van der Waals surface area contributed by atoms with E-state index in [0.717, 1.165) is 17.7 Å². The maximum atomic E-state index is 12.6. The predicted molar refractivity (Wildman–Crippen MR) is 79.7 cm³/mol. The number of benzene rings is 2. The summed E-state index contributed by atoms with van der Waals surface area (Å²) < 4.78 is 0. The lowest BCUT2D eigenvalue weighted by molar-refractivity contribution is -0.114. The number of anilines is 1. The number of para-hydroxylation sites is 1. The molecular weight excluding hydrogens is 246 g/mol. The van der Waals surface area contributed by atoms with Gasteiger partial charge in [0.1, 0.15) is 0 Å². The van der Waals surface area contributed by atoms with Crippen molar-refractivity contribution in [1.29, 1.82) is 0 Å². The van der Waals surface area contributed by atoms with E-state index < -0.39 is 0 Å². The Labute approximate surface area is 118 Å². The molecule has 2 aromatic rings. The second kappa shape index (κ2) is 4.07. The van der Waals surface area contributed by atoms with Gasteiger partial charge >= 0.3 is 0 Å². The van der Waals surface area contributed by atoms with Gasteiger partial charge in [0.15, 0.2) is 0 Å². The van der Waals surface area contributed by atoms with Crippen molar-refractivity contribution in [2.24, 2.45) is 0 Å². The van der Waals surface area contributed by atoms with Gasteiger partial charge in [-0.3, -0.25) is 4.79 Å². The zero-order chi connectivity index (χ0) is 13.7. The quantitative estimate of drug-likeness (QED) is 0.721. The number of rotatable bonds is 1. The summed E-state index contributed by atoms with van der Waals surface area (Å²) in [6.45, 7) is 4.06. The van der Waals surface area contributed by atoms with Gasteiger partial charge in [0, 0.05) is 17.2 Å². The summed E-state index contributed by atoms with van der Waals surface area (Å²) in [6, 6.07) is 18.6. The number of amides is 1. The Balaban J connectivity index is 1.83. The summed E-state index contributed by atoms with van der Waals surface area (Å²) in [5, 5.41) is 0. The zero-order valence-corrected chi connectivity index (χ0v) is 11.1. The molecule has 20 heavy (non-hydrogen) atoms. The number of carbonyl (C=O) groups is 1. The van der Waals surface area contributed by atoms with Crippen LogP contribution in [0, 0.1) is 0 Å². The standard InChI is InChI=1S/C18H15NO/c1-12-17(13-7-3-2-4-8-13)16-11-14-9-5-6-10-15(14)19(16)18(12)20/h2-10,16-17H,1,11H2/t16-,17-/m1/s1. The smallest absolute Gasteiger partial charge is 0.254 e. The van der Waals surface area contributed by atoms with Crippen LogP contribution in [0.3, 0.4) is 0 Å². The molecule has 2 aromatic carbocycles. The number of fused-ring (bicyclic) bond motifs is 3. The molecule has 0 aromatic heterocycles. The fourth-order valence-electron chi connectivity index (χ4n) is 3.54. The molecule has 2 nitrogen and oxygen atoms in total. The molecule has 0 spiro atoms. The highest BCUT2D eigenvalue weighted by atomic mass is 16.2. The Morgan fingerprint density at radius 1 is 1.00 bits per heavy atom. The fourth-order valence-corrected chi connectivity index (χ4v) is 3.54. The predicted octanol–water partition coefficient (Wildman–Crippen LogP) is 3.30. The molecule has 0 N–H and O–H groups in total. The lowest BCUT2D eigenvalue weighted by atomic mass is 9.87. The van der Waals surface area contributed by atoms with Crippen LogP contribution in [0.2, 0.25) is 0 Å². The Bertz CT molecular complexity index is 698. The number of hydrogen-bond acceptors (Lipinski definition) is 1. The highest BCUT2D eigenvalue weighted by Crippen LogP contribution is 2.47. The van der Waals surface area contributed by atoms with Crippen LogP contribution < -0.4 is 4.90 Å². The molecule has 2 aliphatic rings. The van der Waals surface area contributed by atoms with Gasteiger partial charge in [0.2, 0.25) is 0 Å². The molecular formula is C18H15NO. The molecule has 0 saturated carbocycles.